The van der Waals surface area contributed by atoms with Crippen molar-refractivity contribution < 1.29 is 17.9 Å². The van der Waals surface area contributed by atoms with E-state index in [0.29, 0.717) is 39.4 Å². The van der Waals surface area contributed by atoms with Gasteiger partial charge in [0, 0.05) is 26.2 Å². The van der Waals surface area contributed by atoms with Gasteiger partial charge >= 0.3 is 6.03 Å². The molecule has 0 unspecified atom stereocenters. The average Bonchev–Trinajstić information content (AvgIpc) is 2.97. The first-order valence-corrected chi connectivity index (χ1v) is 9.57. The number of carbonyl (C=O) groups is 1. The molecule has 0 N–H and O–H groups in total. The van der Waals surface area contributed by atoms with Gasteiger partial charge in [-0.2, -0.15) is 4.31 Å². The maximum atomic E-state index is 12.9. The van der Waals surface area contributed by atoms with E-state index in [2.05, 4.69) is 0 Å². The number of ether oxygens (including phenoxy) is 1. The Kier molecular flexibility index (Phi) is 4.80. The molecule has 0 spiro atoms. The SMILES string of the molecule is Cc1ccc(S(=O)(=O)N2CCN(C(=O)N3CCOCC3)[C@@H]2C)cc1. The number of hydrogen-bond acceptors (Lipinski definition) is 4. The van der Waals surface area contributed by atoms with Crippen molar-refractivity contribution in [1.29, 1.82) is 0 Å². The van der Waals surface area contributed by atoms with Crippen LogP contribution in [0.2, 0.25) is 0 Å². The van der Waals surface area contributed by atoms with E-state index in [-0.39, 0.29) is 10.9 Å². The predicted octanol–water partition coefficient (Wildman–Crippen LogP) is 1.10. The maximum Gasteiger partial charge on any atom is 0.321 e. The highest BCUT2D eigenvalue weighted by Crippen LogP contribution is 2.25. The van der Waals surface area contributed by atoms with Gasteiger partial charge in [0.05, 0.1) is 24.3 Å². The zero-order chi connectivity index (χ0) is 17.3. The molecule has 1 aromatic rings. The second-order valence-corrected chi connectivity index (χ2v) is 8.03. The van der Waals surface area contributed by atoms with Crippen LogP contribution in [0.5, 0.6) is 0 Å². The number of aryl methyl sites for hydroxylation is 1. The van der Waals surface area contributed by atoms with Crippen molar-refractivity contribution in [3.63, 3.8) is 0 Å². The largest absolute Gasteiger partial charge is 0.378 e. The van der Waals surface area contributed by atoms with Crippen LogP contribution in [0.25, 0.3) is 0 Å². The van der Waals surface area contributed by atoms with Crippen LogP contribution >= 0.6 is 0 Å². The summed E-state index contributed by atoms with van der Waals surface area (Å²) in [5.41, 5.74) is 1.01. The fourth-order valence-electron chi connectivity index (χ4n) is 3.09. The Morgan fingerprint density at radius 1 is 1.08 bits per heavy atom. The molecule has 2 fully saturated rings. The average molecular weight is 353 g/mol. The molecule has 24 heavy (non-hydrogen) atoms. The molecule has 8 heteroatoms. The molecule has 7 nitrogen and oxygen atoms in total. The van der Waals surface area contributed by atoms with Crippen LogP contribution in [0.4, 0.5) is 4.79 Å². The predicted molar refractivity (Wildman–Crippen MR) is 89.0 cm³/mol. The van der Waals surface area contributed by atoms with Crippen molar-refractivity contribution in [1.82, 2.24) is 14.1 Å². The molecule has 0 saturated carbocycles. The lowest BCUT2D eigenvalue weighted by molar-refractivity contribution is 0.0410. The van der Waals surface area contributed by atoms with E-state index in [9.17, 15) is 13.2 Å². The molecule has 2 amide bonds. The van der Waals surface area contributed by atoms with Crippen molar-refractivity contribution in [2.75, 3.05) is 39.4 Å². The van der Waals surface area contributed by atoms with E-state index in [1.165, 1.54) is 4.31 Å². The molecule has 132 valence electrons. The number of hydrogen-bond donors (Lipinski definition) is 0. The third kappa shape index (κ3) is 3.13. The number of nitrogens with zero attached hydrogens (tertiary/aromatic N) is 3. The van der Waals surface area contributed by atoms with Crippen LogP contribution in [0.1, 0.15) is 12.5 Å². The minimum Gasteiger partial charge on any atom is -0.378 e. The molecule has 0 aromatic heterocycles. The van der Waals surface area contributed by atoms with Gasteiger partial charge in [0.15, 0.2) is 0 Å². The fourth-order valence-corrected chi connectivity index (χ4v) is 4.68. The van der Waals surface area contributed by atoms with Gasteiger partial charge in [-0.25, -0.2) is 13.2 Å². The van der Waals surface area contributed by atoms with Gasteiger partial charge in [-0.1, -0.05) is 17.7 Å². The van der Waals surface area contributed by atoms with Crippen LogP contribution in [-0.4, -0.2) is 74.1 Å². The third-order valence-electron chi connectivity index (χ3n) is 4.58. The topological polar surface area (TPSA) is 70.2 Å². The Morgan fingerprint density at radius 2 is 1.71 bits per heavy atom. The van der Waals surface area contributed by atoms with E-state index in [1.807, 2.05) is 6.92 Å². The number of carbonyl (C=O) groups excluding carboxylic acids is 1. The number of morpholine rings is 1. The molecule has 0 radical (unpaired) electrons. The monoisotopic (exact) mass is 353 g/mol. The quantitative estimate of drug-likeness (QED) is 0.798. The second-order valence-electron chi connectivity index (χ2n) is 6.14. The lowest BCUT2D eigenvalue weighted by atomic mass is 10.2. The fraction of sp³-hybridized carbons (Fsp3) is 0.562. The van der Waals surface area contributed by atoms with Crippen LogP contribution < -0.4 is 0 Å². The smallest absolute Gasteiger partial charge is 0.321 e. The van der Waals surface area contributed by atoms with Gasteiger partial charge in [0.2, 0.25) is 10.0 Å². The summed E-state index contributed by atoms with van der Waals surface area (Å²) in [4.78, 5) is 16.3. The summed E-state index contributed by atoms with van der Waals surface area (Å²) in [5.74, 6) is 0. The first kappa shape index (κ1) is 17.2. The highest BCUT2D eigenvalue weighted by Gasteiger charge is 2.41. The number of urea groups is 1. The summed E-state index contributed by atoms with van der Waals surface area (Å²) in [6, 6.07) is 6.68. The van der Waals surface area contributed by atoms with Crippen LogP contribution in [0.15, 0.2) is 29.2 Å². The summed E-state index contributed by atoms with van der Waals surface area (Å²) in [6.07, 6.45) is -0.494. The number of amides is 2. The van der Waals surface area contributed by atoms with Gasteiger partial charge in [-0.3, -0.25) is 0 Å². The molecule has 0 bridgehead atoms. The van der Waals surface area contributed by atoms with E-state index in [1.54, 1.807) is 41.0 Å². The Morgan fingerprint density at radius 3 is 2.33 bits per heavy atom. The standard InChI is InChI=1S/C16H23N3O4S/c1-13-3-5-15(6-4-13)24(21,22)19-8-7-18(14(19)2)16(20)17-9-11-23-12-10-17/h3-6,14H,7-12H2,1-2H3/t14-/m0/s1. The van der Waals surface area contributed by atoms with Gasteiger partial charge in [-0.05, 0) is 26.0 Å². The molecule has 0 aliphatic carbocycles. The molecule has 2 heterocycles. The van der Waals surface area contributed by atoms with Crippen LogP contribution in [0, 0.1) is 6.92 Å². The molecular weight excluding hydrogens is 330 g/mol. The first-order valence-electron chi connectivity index (χ1n) is 8.13. The van der Waals surface area contributed by atoms with E-state index in [0.717, 1.165) is 5.56 Å². The number of sulfonamides is 1. The summed E-state index contributed by atoms with van der Waals surface area (Å²) in [6.45, 7) is 6.54. The number of benzene rings is 1. The molecule has 1 atom stereocenters. The molecular formula is C16H23N3O4S. The highest BCUT2D eigenvalue weighted by atomic mass is 32.2. The maximum absolute atomic E-state index is 12.9. The van der Waals surface area contributed by atoms with E-state index < -0.39 is 16.2 Å². The van der Waals surface area contributed by atoms with Gasteiger partial charge in [0.25, 0.3) is 0 Å². The summed E-state index contributed by atoms with van der Waals surface area (Å²) < 4.78 is 32.4. The van der Waals surface area contributed by atoms with Crippen molar-refractivity contribution in [3.8, 4) is 0 Å². The lowest BCUT2D eigenvalue weighted by Gasteiger charge is -2.33. The van der Waals surface area contributed by atoms with E-state index in [4.69, 9.17) is 4.74 Å². The van der Waals surface area contributed by atoms with Gasteiger partial charge in [-0.15, -0.1) is 0 Å². The molecule has 1 aromatic carbocycles. The van der Waals surface area contributed by atoms with Crippen molar-refractivity contribution in [2.24, 2.45) is 0 Å². The van der Waals surface area contributed by atoms with Crippen molar-refractivity contribution in [2.45, 2.75) is 24.9 Å². The third-order valence-corrected chi connectivity index (χ3v) is 6.56. The van der Waals surface area contributed by atoms with Crippen molar-refractivity contribution >= 4 is 16.1 Å². The first-order chi connectivity index (χ1) is 11.4. The van der Waals surface area contributed by atoms with E-state index >= 15 is 0 Å². The number of rotatable bonds is 2. The molecule has 2 aliphatic rings. The Bertz CT molecular complexity index is 699. The van der Waals surface area contributed by atoms with Crippen LogP contribution in [-0.2, 0) is 14.8 Å². The molecule has 3 rings (SSSR count). The van der Waals surface area contributed by atoms with Gasteiger partial charge < -0.3 is 14.5 Å². The zero-order valence-electron chi connectivity index (χ0n) is 14.0. The Balaban J connectivity index is 1.76. The minimum atomic E-state index is -3.61. The van der Waals surface area contributed by atoms with Crippen molar-refractivity contribution in [3.05, 3.63) is 29.8 Å². The highest BCUT2D eigenvalue weighted by molar-refractivity contribution is 7.89. The van der Waals surface area contributed by atoms with Crippen LogP contribution in [0.3, 0.4) is 0 Å². The minimum absolute atomic E-state index is 0.118. The molecule has 2 saturated heterocycles. The Labute approximate surface area is 142 Å². The Hall–Kier alpha value is -1.64. The summed E-state index contributed by atoms with van der Waals surface area (Å²) in [7, 11) is -3.61. The van der Waals surface area contributed by atoms with Gasteiger partial charge in [0.1, 0.15) is 0 Å². The summed E-state index contributed by atoms with van der Waals surface area (Å²) >= 11 is 0. The summed E-state index contributed by atoms with van der Waals surface area (Å²) in [5, 5.41) is 0. The normalized spacial score (nSPS) is 22.8. The zero-order valence-corrected chi connectivity index (χ0v) is 14.8. The second kappa shape index (κ2) is 6.70. The lowest BCUT2D eigenvalue weighted by Crippen LogP contribution is -2.51. The molecule has 2 aliphatic heterocycles.